The third-order valence-electron chi connectivity index (χ3n) is 3.86. The molecule has 28 heavy (non-hydrogen) atoms. The average molecular weight is 388 g/mol. The van der Waals surface area contributed by atoms with Gasteiger partial charge in [0.2, 0.25) is 0 Å². The van der Waals surface area contributed by atoms with Crippen molar-refractivity contribution in [1.29, 1.82) is 0 Å². The molecule has 0 spiro atoms. The number of ether oxygens (including phenoxy) is 3. The summed E-state index contributed by atoms with van der Waals surface area (Å²) in [6.07, 6.45) is 0. The second-order valence-electron chi connectivity index (χ2n) is 5.80. The second-order valence-corrected chi connectivity index (χ2v) is 5.80. The third kappa shape index (κ3) is 6.77. The monoisotopic (exact) mass is 388 g/mol. The highest BCUT2D eigenvalue weighted by molar-refractivity contribution is 5.91. The lowest BCUT2D eigenvalue weighted by Gasteiger charge is -2.09. The number of benzene rings is 2. The summed E-state index contributed by atoms with van der Waals surface area (Å²) in [5.74, 6) is -0.798. The van der Waals surface area contributed by atoms with Crippen molar-refractivity contribution in [3.8, 4) is 0 Å². The number of carbonyl (C=O) groups excluding carboxylic acids is 2. The van der Waals surface area contributed by atoms with Crippen molar-refractivity contribution in [1.82, 2.24) is 0 Å². The van der Waals surface area contributed by atoms with Gasteiger partial charge in [0.05, 0.1) is 31.5 Å². The molecule has 150 valence electrons. The van der Waals surface area contributed by atoms with Gasteiger partial charge in [-0.15, -0.1) is 0 Å². The molecule has 7 heteroatoms. The molecule has 0 aromatic heterocycles. The van der Waals surface area contributed by atoms with E-state index < -0.39 is 5.97 Å². The van der Waals surface area contributed by atoms with Crippen LogP contribution in [-0.2, 0) is 30.6 Å². The van der Waals surface area contributed by atoms with Crippen LogP contribution in [0.3, 0.4) is 0 Å². The van der Waals surface area contributed by atoms with Gasteiger partial charge in [-0.25, -0.2) is 19.4 Å². The summed E-state index contributed by atoms with van der Waals surface area (Å²) in [4.78, 5) is 33.7. The Hall–Kier alpha value is -2.74. The second kappa shape index (κ2) is 11.9. The molecule has 0 aliphatic carbocycles. The van der Waals surface area contributed by atoms with Crippen molar-refractivity contribution < 1.29 is 33.6 Å². The molecule has 0 heterocycles. The van der Waals surface area contributed by atoms with Gasteiger partial charge in [0.1, 0.15) is 19.8 Å². The molecule has 0 unspecified atom stereocenters. The maximum atomic E-state index is 11.9. The molecule has 0 saturated heterocycles. The number of hydrogen-bond acceptors (Lipinski definition) is 7. The van der Waals surface area contributed by atoms with Crippen LogP contribution in [0.1, 0.15) is 31.8 Å². The van der Waals surface area contributed by atoms with E-state index in [4.69, 9.17) is 24.0 Å². The van der Waals surface area contributed by atoms with Crippen molar-refractivity contribution in [2.24, 2.45) is 0 Å². The average Bonchev–Trinajstić information content (AvgIpc) is 2.72. The molecule has 0 aliphatic rings. The first-order chi connectivity index (χ1) is 13.6. The highest BCUT2D eigenvalue weighted by atomic mass is 17.2. The summed E-state index contributed by atoms with van der Waals surface area (Å²) >= 11 is 0. The largest absolute Gasteiger partial charge is 0.465 e. The van der Waals surface area contributed by atoms with Gasteiger partial charge in [-0.1, -0.05) is 36.4 Å². The minimum absolute atomic E-state index is 0.110. The minimum Gasteiger partial charge on any atom is -0.465 e. The maximum absolute atomic E-state index is 11.9. The molecule has 2 rings (SSSR count). The number of esters is 2. The first-order valence-corrected chi connectivity index (χ1v) is 8.84. The van der Waals surface area contributed by atoms with Gasteiger partial charge in [-0.3, -0.25) is 0 Å². The highest BCUT2D eigenvalue weighted by Crippen LogP contribution is 2.11. The Bertz CT molecular complexity index is 773. The van der Waals surface area contributed by atoms with Gasteiger partial charge in [-0.05, 0) is 30.2 Å². The molecule has 2 aromatic rings. The zero-order chi connectivity index (χ0) is 20.2. The van der Waals surface area contributed by atoms with E-state index in [0.29, 0.717) is 16.7 Å². The van der Waals surface area contributed by atoms with Crippen LogP contribution < -0.4 is 0 Å². The van der Waals surface area contributed by atoms with Crippen LogP contribution in [0.2, 0.25) is 0 Å². The van der Waals surface area contributed by atoms with E-state index in [-0.39, 0.29) is 39.0 Å². The van der Waals surface area contributed by atoms with Crippen LogP contribution >= 0.6 is 0 Å². The Labute approximate surface area is 164 Å². The lowest BCUT2D eigenvalue weighted by atomic mass is 10.1. The number of methoxy groups -OCH3 is 1. The summed E-state index contributed by atoms with van der Waals surface area (Å²) in [5, 5.41) is 0. The number of carbonyl (C=O) groups is 2. The van der Waals surface area contributed by atoms with E-state index in [1.165, 1.54) is 7.11 Å². The topological polar surface area (TPSA) is 80.3 Å². The van der Waals surface area contributed by atoms with Crippen molar-refractivity contribution >= 4 is 11.9 Å². The Morgan fingerprint density at radius 1 is 0.786 bits per heavy atom. The van der Waals surface area contributed by atoms with E-state index in [9.17, 15) is 9.59 Å². The fourth-order valence-electron chi connectivity index (χ4n) is 2.39. The molecule has 2 aromatic carbocycles. The van der Waals surface area contributed by atoms with E-state index >= 15 is 0 Å². The van der Waals surface area contributed by atoms with E-state index in [2.05, 4.69) is 0 Å². The van der Waals surface area contributed by atoms with Gasteiger partial charge in [-0.2, -0.15) is 0 Å². The molecular formula is C21H24O7. The fourth-order valence-corrected chi connectivity index (χ4v) is 2.39. The normalized spacial score (nSPS) is 10.5. The fraction of sp³-hybridized carbons (Fsp3) is 0.333. The first kappa shape index (κ1) is 21.6. The smallest absolute Gasteiger partial charge is 0.338 e. The van der Waals surface area contributed by atoms with Gasteiger partial charge in [0.25, 0.3) is 0 Å². The molecule has 0 bridgehead atoms. The van der Waals surface area contributed by atoms with Gasteiger partial charge in [0, 0.05) is 0 Å². The molecule has 0 atom stereocenters. The molecule has 0 radical (unpaired) electrons. The molecule has 0 saturated carbocycles. The van der Waals surface area contributed by atoms with Gasteiger partial charge < -0.3 is 14.2 Å². The Morgan fingerprint density at radius 3 is 2.21 bits per heavy atom. The van der Waals surface area contributed by atoms with Crippen LogP contribution in [0.15, 0.2) is 48.5 Å². The van der Waals surface area contributed by atoms with E-state index in [1.807, 2.05) is 19.1 Å². The molecule has 0 N–H and O–H groups in total. The standard InChI is InChI=1S/C21H24O7/c1-16-7-3-5-9-18(16)21(23)26-13-11-25-12-14-27-28-15-17-8-4-6-10-19(17)20(22)24-2/h3-10H,11-15H2,1-2H3. The van der Waals surface area contributed by atoms with Gasteiger partial charge >= 0.3 is 11.9 Å². The lowest BCUT2D eigenvalue weighted by Crippen LogP contribution is -2.14. The molecular weight excluding hydrogens is 364 g/mol. The Morgan fingerprint density at radius 2 is 1.46 bits per heavy atom. The van der Waals surface area contributed by atoms with Crippen molar-refractivity contribution in [2.75, 3.05) is 33.5 Å². The molecule has 0 aliphatic heterocycles. The summed E-state index contributed by atoms with van der Waals surface area (Å²) in [6.45, 7) is 2.85. The predicted octanol–water partition coefficient (Wildman–Crippen LogP) is 3.10. The van der Waals surface area contributed by atoms with Crippen molar-refractivity contribution in [3.63, 3.8) is 0 Å². The summed E-state index contributed by atoms with van der Waals surface area (Å²) in [6, 6.07) is 14.2. The molecule has 0 fully saturated rings. The van der Waals surface area contributed by atoms with Crippen molar-refractivity contribution in [2.45, 2.75) is 13.5 Å². The van der Waals surface area contributed by atoms with E-state index in [0.717, 1.165) is 5.56 Å². The number of aryl methyl sites for hydroxylation is 1. The number of rotatable bonds is 11. The lowest BCUT2D eigenvalue weighted by molar-refractivity contribution is -0.308. The summed E-state index contributed by atoms with van der Waals surface area (Å²) in [5.41, 5.74) is 2.51. The molecule has 7 nitrogen and oxygen atoms in total. The third-order valence-corrected chi connectivity index (χ3v) is 3.86. The zero-order valence-corrected chi connectivity index (χ0v) is 16.0. The van der Waals surface area contributed by atoms with Crippen molar-refractivity contribution in [3.05, 3.63) is 70.8 Å². The predicted molar refractivity (Wildman–Crippen MR) is 101 cm³/mol. The Balaban J connectivity index is 1.55. The van der Waals surface area contributed by atoms with Crippen LogP contribution in [0.4, 0.5) is 0 Å². The van der Waals surface area contributed by atoms with Crippen LogP contribution in [0.25, 0.3) is 0 Å². The Kier molecular flexibility index (Phi) is 9.14. The quantitative estimate of drug-likeness (QED) is 0.253. The summed E-state index contributed by atoms with van der Waals surface area (Å²) < 4.78 is 15.2. The minimum atomic E-state index is -0.428. The SMILES string of the molecule is COC(=O)c1ccccc1COOCCOCCOC(=O)c1ccccc1C. The highest BCUT2D eigenvalue weighted by Gasteiger charge is 2.11. The maximum Gasteiger partial charge on any atom is 0.338 e. The van der Waals surface area contributed by atoms with Crippen LogP contribution in [0.5, 0.6) is 0 Å². The first-order valence-electron chi connectivity index (χ1n) is 8.84. The summed E-state index contributed by atoms with van der Waals surface area (Å²) in [7, 11) is 1.33. The number of hydrogen-bond donors (Lipinski definition) is 0. The van der Waals surface area contributed by atoms with E-state index in [1.54, 1.807) is 36.4 Å². The zero-order valence-electron chi connectivity index (χ0n) is 16.0. The van der Waals surface area contributed by atoms with Crippen LogP contribution in [0, 0.1) is 6.92 Å². The van der Waals surface area contributed by atoms with Crippen LogP contribution in [-0.4, -0.2) is 45.5 Å². The molecule has 0 amide bonds. The van der Waals surface area contributed by atoms with Gasteiger partial charge in [0.15, 0.2) is 0 Å².